The smallest absolute Gasteiger partial charge is 0.317 e. The molecule has 2 atom stereocenters. The maximum Gasteiger partial charge on any atom is 0.317 e. The third kappa shape index (κ3) is 5.13. The molecule has 0 saturated carbocycles. The molecular formula is C23H28FN3O2. The van der Waals surface area contributed by atoms with Crippen LogP contribution in [-0.2, 0) is 11.3 Å². The summed E-state index contributed by atoms with van der Waals surface area (Å²) in [5.41, 5.74) is 2.50. The second kappa shape index (κ2) is 9.54. The van der Waals surface area contributed by atoms with E-state index in [9.17, 15) is 14.0 Å². The van der Waals surface area contributed by atoms with Crippen LogP contribution in [0.1, 0.15) is 42.5 Å². The molecule has 1 fully saturated rings. The fourth-order valence-corrected chi connectivity index (χ4v) is 3.81. The zero-order valence-electron chi connectivity index (χ0n) is 17.0. The summed E-state index contributed by atoms with van der Waals surface area (Å²) in [4.78, 5) is 27.1. The van der Waals surface area contributed by atoms with Crippen LogP contribution in [0.2, 0.25) is 0 Å². The predicted octanol–water partition coefficient (Wildman–Crippen LogP) is 3.93. The second-order valence-electron chi connectivity index (χ2n) is 7.49. The molecule has 0 radical (unpaired) electrons. The molecule has 29 heavy (non-hydrogen) atoms. The Balaban J connectivity index is 1.71. The molecule has 5 nitrogen and oxygen atoms in total. The van der Waals surface area contributed by atoms with Gasteiger partial charge < -0.3 is 15.5 Å². The lowest BCUT2D eigenvalue weighted by Crippen LogP contribution is -2.50. The van der Waals surface area contributed by atoms with Gasteiger partial charge >= 0.3 is 6.03 Å². The van der Waals surface area contributed by atoms with Crippen LogP contribution in [0, 0.1) is 18.7 Å². The molecular weight excluding hydrogens is 369 g/mol. The van der Waals surface area contributed by atoms with E-state index in [1.807, 2.05) is 37.3 Å². The fourth-order valence-electron chi connectivity index (χ4n) is 3.81. The Morgan fingerprint density at radius 2 is 1.86 bits per heavy atom. The van der Waals surface area contributed by atoms with Crippen LogP contribution < -0.4 is 10.6 Å². The molecule has 0 aromatic heterocycles. The number of nitrogens with one attached hydrogen (secondary N) is 2. The highest BCUT2D eigenvalue weighted by molar-refractivity contribution is 5.81. The Bertz CT molecular complexity index is 856. The first-order valence-corrected chi connectivity index (χ1v) is 10.1. The third-order valence-corrected chi connectivity index (χ3v) is 5.42. The van der Waals surface area contributed by atoms with Crippen LogP contribution in [0.25, 0.3) is 0 Å². The Kier molecular flexibility index (Phi) is 6.86. The molecule has 0 bridgehead atoms. The Morgan fingerprint density at radius 3 is 2.55 bits per heavy atom. The van der Waals surface area contributed by atoms with E-state index in [1.165, 1.54) is 6.07 Å². The quantitative estimate of drug-likeness (QED) is 0.803. The fraction of sp³-hybridized carbons (Fsp3) is 0.391. The van der Waals surface area contributed by atoms with E-state index in [4.69, 9.17) is 0 Å². The lowest BCUT2D eigenvalue weighted by molar-refractivity contribution is -0.126. The number of rotatable bonds is 5. The summed E-state index contributed by atoms with van der Waals surface area (Å²) in [6.07, 6.45) is 1.34. The van der Waals surface area contributed by atoms with Gasteiger partial charge in [-0.25, -0.2) is 9.18 Å². The van der Waals surface area contributed by atoms with Gasteiger partial charge in [0.05, 0.1) is 12.0 Å². The first-order chi connectivity index (χ1) is 14.0. The Morgan fingerprint density at radius 1 is 1.10 bits per heavy atom. The van der Waals surface area contributed by atoms with Crippen molar-refractivity contribution in [3.8, 4) is 0 Å². The van der Waals surface area contributed by atoms with E-state index < -0.39 is 0 Å². The molecule has 2 aromatic carbocycles. The summed E-state index contributed by atoms with van der Waals surface area (Å²) in [7, 11) is 0. The van der Waals surface area contributed by atoms with E-state index in [-0.39, 0.29) is 29.7 Å². The minimum absolute atomic E-state index is 0.0445. The molecule has 154 valence electrons. The number of carbonyl (C=O) groups is 2. The normalized spacial score (nSPS) is 18.9. The number of aryl methyl sites for hydroxylation is 1. The van der Waals surface area contributed by atoms with E-state index in [0.29, 0.717) is 38.0 Å². The largest absolute Gasteiger partial charge is 0.352 e. The van der Waals surface area contributed by atoms with E-state index in [0.717, 1.165) is 11.1 Å². The second-order valence-corrected chi connectivity index (χ2v) is 7.49. The number of piperidine rings is 1. The molecule has 1 aliphatic rings. The number of nitrogens with zero attached hydrogens (tertiary/aromatic N) is 1. The topological polar surface area (TPSA) is 61.4 Å². The highest BCUT2D eigenvalue weighted by Crippen LogP contribution is 2.34. The first kappa shape index (κ1) is 20.8. The van der Waals surface area contributed by atoms with Crippen LogP contribution in [0.15, 0.2) is 48.5 Å². The number of carbonyl (C=O) groups excluding carboxylic acids is 2. The van der Waals surface area contributed by atoms with Gasteiger partial charge in [-0.3, -0.25) is 4.79 Å². The molecule has 2 N–H and O–H groups in total. The monoisotopic (exact) mass is 397 g/mol. The first-order valence-electron chi connectivity index (χ1n) is 10.1. The van der Waals surface area contributed by atoms with Crippen molar-refractivity contribution in [2.45, 2.75) is 39.3 Å². The average molecular weight is 397 g/mol. The number of hydrogen-bond acceptors (Lipinski definition) is 2. The van der Waals surface area contributed by atoms with E-state index in [1.54, 1.807) is 24.0 Å². The van der Waals surface area contributed by atoms with Gasteiger partial charge in [0.25, 0.3) is 0 Å². The molecule has 2 aromatic rings. The van der Waals surface area contributed by atoms with Crippen molar-refractivity contribution in [1.29, 1.82) is 0 Å². The summed E-state index contributed by atoms with van der Waals surface area (Å²) >= 11 is 0. The Labute approximate surface area is 171 Å². The van der Waals surface area contributed by atoms with Crippen molar-refractivity contribution >= 4 is 11.9 Å². The number of amides is 3. The maximum absolute atomic E-state index is 13.7. The lowest BCUT2D eigenvalue weighted by atomic mass is 9.88. The van der Waals surface area contributed by atoms with Crippen LogP contribution >= 0.6 is 0 Å². The molecule has 0 unspecified atom stereocenters. The number of likely N-dealkylation sites (tertiary alicyclic amines) is 1. The van der Waals surface area contributed by atoms with E-state index in [2.05, 4.69) is 10.6 Å². The van der Waals surface area contributed by atoms with Crippen molar-refractivity contribution in [1.82, 2.24) is 15.5 Å². The van der Waals surface area contributed by atoms with E-state index >= 15 is 0 Å². The summed E-state index contributed by atoms with van der Waals surface area (Å²) in [5.74, 6) is -0.566. The van der Waals surface area contributed by atoms with Crippen molar-refractivity contribution in [3.05, 3.63) is 71.0 Å². The van der Waals surface area contributed by atoms with Gasteiger partial charge in [-0.2, -0.15) is 0 Å². The van der Waals surface area contributed by atoms with Gasteiger partial charge in [0.2, 0.25) is 5.91 Å². The zero-order valence-corrected chi connectivity index (χ0v) is 17.0. The number of benzene rings is 2. The maximum atomic E-state index is 13.7. The third-order valence-electron chi connectivity index (χ3n) is 5.42. The van der Waals surface area contributed by atoms with Gasteiger partial charge in [-0.15, -0.1) is 0 Å². The molecule has 1 heterocycles. The van der Waals surface area contributed by atoms with Crippen molar-refractivity contribution in [2.75, 3.05) is 13.1 Å². The van der Waals surface area contributed by atoms with Crippen LogP contribution in [0.3, 0.4) is 0 Å². The zero-order chi connectivity index (χ0) is 20.8. The minimum atomic E-state index is -0.265. The number of halogens is 1. The van der Waals surface area contributed by atoms with Gasteiger partial charge in [-0.05, 0) is 49.4 Å². The van der Waals surface area contributed by atoms with Gasteiger partial charge in [-0.1, -0.05) is 42.5 Å². The predicted molar refractivity (Wildman–Crippen MR) is 111 cm³/mol. The highest BCUT2D eigenvalue weighted by atomic mass is 19.1. The average Bonchev–Trinajstić information content (AvgIpc) is 2.74. The van der Waals surface area contributed by atoms with Gasteiger partial charge in [0, 0.05) is 19.6 Å². The minimum Gasteiger partial charge on any atom is -0.352 e. The summed E-state index contributed by atoms with van der Waals surface area (Å²) in [6, 6.07) is 14.4. The highest BCUT2D eigenvalue weighted by Gasteiger charge is 2.35. The molecule has 0 spiro atoms. The lowest BCUT2D eigenvalue weighted by Gasteiger charge is -2.39. The summed E-state index contributed by atoms with van der Waals surface area (Å²) < 4.78 is 13.7. The van der Waals surface area contributed by atoms with Crippen LogP contribution in [0.5, 0.6) is 0 Å². The van der Waals surface area contributed by atoms with Crippen LogP contribution in [0.4, 0.5) is 9.18 Å². The molecule has 1 aliphatic heterocycles. The Hall–Kier alpha value is -2.89. The molecule has 6 heteroatoms. The number of urea groups is 1. The van der Waals surface area contributed by atoms with Crippen molar-refractivity contribution in [3.63, 3.8) is 0 Å². The molecule has 3 rings (SSSR count). The van der Waals surface area contributed by atoms with Crippen molar-refractivity contribution in [2.24, 2.45) is 5.92 Å². The SMILES string of the molecule is CCNC(=O)N1C[C@@H](C(=O)NCc2ccccc2)CC[C@H]1c1ccc(F)c(C)c1. The summed E-state index contributed by atoms with van der Waals surface area (Å²) in [6.45, 7) is 4.90. The standard InChI is InChI=1S/C23H28FN3O2/c1-3-25-23(29)27-15-19(22(28)26-14-17-7-5-4-6-8-17)10-12-21(27)18-9-11-20(24)16(2)13-18/h4-9,11,13,19,21H,3,10,12,14-15H2,1-2H3,(H,25,29)(H,26,28)/t19-,21-/m0/s1. The van der Waals surface area contributed by atoms with Gasteiger partial charge in [0.1, 0.15) is 5.82 Å². The van der Waals surface area contributed by atoms with Crippen molar-refractivity contribution < 1.29 is 14.0 Å². The molecule has 1 saturated heterocycles. The summed E-state index contributed by atoms with van der Waals surface area (Å²) in [5, 5.41) is 5.82. The molecule has 0 aliphatic carbocycles. The molecule has 3 amide bonds. The van der Waals surface area contributed by atoms with Crippen LogP contribution in [-0.4, -0.2) is 29.9 Å². The van der Waals surface area contributed by atoms with Gasteiger partial charge in [0.15, 0.2) is 0 Å². The number of hydrogen-bond donors (Lipinski definition) is 2.